The Bertz CT molecular complexity index is 971. The number of piperidine rings is 1. The lowest BCUT2D eigenvalue weighted by Crippen LogP contribution is -2.48. The van der Waals surface area contributed by atoms with E-state index in [2.05, 4.69) is 10.0 Å². The van der Waals surface area contributed by atoms with Crippen LogP contribution >= 0.6 is 0 Å². The van der Waals surface area contributed by atoms with Crippen molar-refractivity contribution in [2.45, 2.75) is 24.3 Å². The highest BCUT2D eigenvalue weighted by atomic mass is 32.2. The molecule has 2 heterocycles. The molecule has 2 unspecified atom stereocenters. The van der Waals surface area contributed by atoms with Crippen molar-refractivity contribution >= 4 is 32.4 Å². The number of benzene rings is 2. The second kappa shape index (κ2) is 5.79. The van der Waals surface area contributed by atoms with Crippen LogP contribution in [0.4, 0.5) is 5.69 Å². The summed E-state index contributed by atoms with van der Waals surface area (Å²) in [6.45, 7) is 3.65. The van der Waals surface area contributed by atoms with Gasteiger partial charge in [-0.15, -0.1) is 0 Å². The van der Waals surface area contributed by atoms with Crippen LogP contribution in [0.15, 0.2) is 35.2 Å². The van der Waals surface area contributed by atoms with Crippen LogP contribution in [-0.4, -0.2) is 40.5 Å². The Labute approximate surface area is 147 Å². The standard InChI is InChI=1S/C18H21N3O3S/c1-11-10-19-9-8-14(11)20-25(23,24)16-7-6-15-17-12(16)4-3-5-13(17)18(22)21(15)2/h3-7,11,14,19-20H,8-10H2,1-2H3. The Morgan fingerprint density at radius 3 is 2.80 bits per heavy atom. The molecule has 1 amide bonds. The predicted octanol–water partition coefficient (Wildman–Crippen LogP) is 1.71. The Morgan fingerprint density at radius 2 is 2.04 bits per heavy atom. The Morgan fingerprint density at radius 1 is 1.24 bits per heavy atom. The maximum absolute atomic E-state index is 13.0. The van der Waals surface area contributed by atoms with Gasteiger partial charge >= 0.3 is 0 Å². The molecule has 0 spiro atoms. The molecule has 6 nitrogen and oxygen atoms in total. The molecular formula is C18H21N3O3S. The summed E-state index contributed by atoms with van der Waals surface area (Å²) in [4.78, 5) is 14.2. The molecule has 2 aliphatic rings. The van der Waals surface area contributed by atoms with E-state index < -0.39 is 10.0 Å². The minimum atomic E-state index is -3.67. The predicted molar refractivity (Wildman–Crippen MR) is 97.4 cm³/mol. The first-order valence-electron chi connectivity index (χ1n) is 8.47. The van der Waals surface area contributed by atoms with Crippen molar-refractivity contribution in [3.63, 3.8) is 0 Å². The topological polar surface area (TPSA) is 78.5 Å². The summed E-state index contributed by atoms with van der Waals surface area (Å²) >= 11 is 0. The molecule has 2 atom stereocenters. The molecule has 1 fully saturated rings. The molecule has 1 saturated heterocycles. The zero-order chi connectivity index (χ0) is 17.8. The van der Waals surface area contributed by atoms with Gasteiger partial charge in [0.2, 0.25) is 10.0 Å². The molecule has 132 valence electrons. The smallest absolute Gasteiger partial charge is 0.258 e. The molecule has 0 aliphatic carbocycles. The maximum Gasteiger partial charge on any atom is 0.258 e. The Kier molecular flexibility index (Phi) is 3.82. The number of hydrogen-bond donors (Lipinski definition) is 2. The lowest BCUT2D eigenvalue weighted by molar-refractivity contribution is 0.0999. The van der Waals surface area contributed by atoms with Gasteiger partial charge in [-0.2, -0.15) is 0 Å². The fourth-order valence-electron chi connectivity index (χ4n) is 3.80. The van der Waals surface area contributed by atoms with Crippen molar-refractivity contribution in [2.24, 2.45) is 5.92 Å². The number of anilines is 1. The molecule has 2 aliphatic heterocycles. The average Bonchev–Trinajstić information content (AvgIpc) is 2.84. The number of nitrogens with zero attached hydrogens (tertiary/aromatic N) is 1. The second-order valence-corrected chi connectivity index (χ2v) is 8.56. The number of hydrogen-bond acceptors (Lipinski definition) is 4. The van der Waals surface area contributed by atoms with Gasteiger partial charge in [0.1, 0.15) is 0 Å². The summed E-state index contributed by atoms with van der Waals surface area (Å²) in [5.74, 6) is 0.128. The van der Waals surface area contributed by atoms with Gasteiger partial charge in [-0.05, 0) is 43.6 Å². The third-order valence-corrected chi connectivity index (χ3v) is 6.80. The molecule has 2 N–H and O–H groups in total. The highest BCUT2D eigenvalue weighted by molar-refractivity contribution is 7.89. The molecule has 4 rings (SSSR count). The van der Waals surface area contributed by atoms with Crippen molar-refractivity contribution in [1.29, 1.82) is 0 Å². The van der Waals surface area contributed by atoms with E-state index in [0.717, 1.165) is 30.6 Å². The first-order valence-corrected chi connectivity index (χ1v) is 9.95. The SMILES string of the molecule is CC1CNCCC1NS(=O)(=O)c1ccc2c3c(cccc13)C(=O)N2C. The lowest BCUT2D eigenvalue weighted by atomic mass is 9.97. The average molecular weight is 359 g/mol. The number of carbonyl (C=O) groups is 1. The molecule has 0 aromatic heterocycles. The maximum atomic E-state index is 13.0. The summed E-state index contributed by atoms with van der Waals surface area (Å²) in [7, 11) is -1.96. The molecule has 2 aromatic rings. The molecule has 25 heavy (non-hydrogen) atoms. The molecule has 0 saturated carbocycles. The molecule has 7 heteroatoms. The molecule has 2 aromatic carbocycles. The van der Waals surface area contributed by atoms with Crippen molar-refractivity contribution in [3.05, 3.63) is 35.9 Å². The van der Waals surface area contributed by atoms with Crippen molar-refractivity contribution in [3.8, 4) is 0 Å². The van der Waals surface area contributed by atoms with Crippen molar-refractivity contribution in [1.82, 2.24) is 10.0 Å². The van der Waals surface area contributed by atoms with Gasteiger partial charge in [0, 0.05) is 29.4 Å². The van der Waals surface area contributed by atoms with E-state index in [9.17, 15) is 13.2 Å². The van der Waals surface area contributed by atoms with Gasteiger partial charge in [-0.1, -0.05) is 19.1 Å². The number of nitrogens with one attached hydrogen (secondary N) is 2. The van der Waals surface area contributed by atoms with E-state index in [1.807, 2.05) is 6.92 Å². The number of carbonyl (C=O) groups excluding carboxylic acids is 1. The van der Waals surface area contributed by atoms with Gasteiger partial charge < -0.3 is 10.2 Å². The van der Waals surface area contributed by atoms with Crippen LogP contribution in [0.2, 0.25) is 0 Å². The largest absolute Gasteiger partial charge is 0.316 e. The summed E-state index contributed by atoms with van der Waals surface area (Å²) in [5, 5.41) is 4.59. The summed E-state index contributed by atoms with van der Waals surface area (Å²) < 4.78 is 28.9. The van der Waals surface area contributed by atoms with Crippen LogP contribution in [0.1, 0.15) is 23.7 Å². The minimum absolute atomic E-state index is 0.0846. The fourth-order valence-corrected chi connectivity index (χ4v) is 5.38. The summed E-state index contributed by atoms with van der Waals surface area (Å²) in [6, 6.07) is 8.50. The van der Waals surface area contributed by atoms with Crippen molar-refractivity contribution in [2.75, 3.05) is 25.0 Å². The van der Waals surface area contributed by atoms with E-state index in [1.165, 1.54) is 0 Å². The number of sulfonamides is 1. The number of rotatable bonds is 3. The van der Waals surface area contributed by atoms with E-state index in [1.54, 1.807) is 42.3 Å². The first kappa shape index (κ1) is 16.5. The minimum Gasteiger partial charge on any atom is -0.316 e. The lowest BCUT2D eigenvalue weighted by Gasteiger charge is -2.30. The van der Waals surface area contributed by atoms with E-state index >= 15 is 0 Å². The fraction of sp³-hybridized carbons (Fsp3) is 0.389. The monoisotopic (exact) mass is 359 g/mol. The van der Waals surface area contributed by atoms with Crippen molar-refractivity contribution < 1.29 is 13.2 Å². The van der Waals surface area contributed by atoms with Crippen LogP contribution in [0, 0.1) is 5.92 Å². The van der Waals surface area contributed by atoms with Crippen LogP contribution in [0.25, 0.3) is 10.8 Å². The highest BCUT2D eigenvalue weighted by Crippen LogP contribution is 2.39. The first-order chi connectivity index (χ1) is 11.9. The Balaban J connectivity index is 1.81. The van der Waals surface area contributed by atoms with Gasteiger partial charge in [-0.25, -0.2) is 13.1 Å². The van der Waals surface area contributed by atoms with E-state index in [0.29, 0.717) is 10.9 Å². The number of amides is 1. The zero-order valence-electron chi connectivity index (χ0n) is 14.2. The highest BCUT2D eigenvalue weighted by Gasteiger charge is 2.32. The van der Waals surface area contributed by atoms with Gasteiger partial charge in [0.05, 0.1) is 10.6 Å². The van der Waals surface area contributed by atoms with Gasteiger partial charge in [-0.3, -0.25) is 4.79 Å². The molecule has 0 radical (unpaired) electrons. The summed E-state index contributed by atoms with van der Waals surface area (Å²) in [5.41, 5.74) is 1.31. The zero-order valence-corrected chi connectivity index (χ0v) is 15.1. The van der Waals surface area contributed by atoms with E-state index in [4.69, 9.17) is 0 Å². The molecular weight excluding hydrogens is 338 g/mol. The molecule has 0 bridgehead atoms. The van der Waals surface area contributed by atoms with Crippen LogP contribution in [0.3, 0.4) is 0 Å². The summed E-state index contributed by atoms with van der Waals surface area (Å²) in [6.07, 6.45) is 0.767. The van der Waals surface area contributed by atoms with E-state index in [-0.39, 0.29) is 22.8 Å². The normalized spacial score (nSPS) is 23.4. The Hall–Kier alpha value is -1.96. The van der Waals surface area contributed by atoms with Crippen LogP contribution in [-0.2, 0) is 10.0 Å². The third kappa shape index (κ3) is 2.54. The van der Waals surface area contributed by atoms with Crippen LogP contribution in [0.5, 0.6) is 0 Å². The third-order valence-electron chi connectivity index (χ3n) is 5.26. The van der Waals surface area contributed by atoms with Crippen LogP contribution < -0.4 is 14.9 Å². The second-order valence-electron chi connectivity index (χ2n) is 6.87. The quantitative estimate of drug-likeness (QED) is 0.874. The van der Waals surface area contributed by atoms with Gasteiger partial charge in [0.15, 0.2) is 0 Å². The van der Waals surface area contributed by atoms with Gasteiger partial charge in [0.25, 0.3) is 5.91 Å².